The zero-order valence-electron chi connectivity index (χ0n) is 11.8. The van der Waals surface area contributed by atoms with Gasteiger partial charge < -0.3 is 9.47 Å². The predicted molar refractivity (Wildman–Crippen MR) is 84.7 cm³/mol. The van der Waals surface area contributed by atoms with Crippen LogP contribution < -0.4 is 0 Å². The molecule has 108 valence electrons. The van der Waals surface area contributed by atoms with E-state index in [0.29, 0.717) is 18.0 Å². The van der Waals surface area contributed by atoms with Crippen LogP contribution in [0.2, 0.25) is 5.02 Å². The van der Waals surface area contributed by atoms with E-state index in [1.165, 1.54) is 0 Å². The van der Waals surface area contributed by atoms with Gasteiger partial charge in [0, 0.05) is 23.7 Å². The summed E-state index contributed by atoms with van der Waals surface area (Å²) in [7, 11) is 2.19. The summed E-state index contributed by atoms with van der Waals surface area (Å²) < 4.78 is 2.30. The molecule has 2 unspecified atom stereocenters. The molecule has 3 rings (SSSR count). The molecule has 0 N–H and O–H groups in total. The second kappa shape index (κ2) is 5.55. The van der Waals surface area contributed by atoms with Gasteiger partial charge in [0.05, 0.1) is 16.9 Å². The molecule has 5 heteroatoms. The second-order valence-corrected chi connectivity index (χ2v) is 6.38. The summed E-state index contributed by atoms with van der Waals surface area (Å²) in [6.07, 6.45) is 2.25. The summed E-state index contributed by atoms with van der Waals surface area (Å²) in [5.74, 6) is 1.39. The molecule has 0 amide bonds. The highest BCUT2D eigenvalue weighted by Crippen LogP contribution is 2.32. The number of hydrogen-bond donors (Lipinski definition) is 0. The highest BCUT2D eigenvalue weighted by molar-refractivity contribution is 6.31. The van der Waals surface area contributed by atoms with E-state index in [1.54, 1.807) is 0 Å². The van der Waals surface area contributed by atoms with Crippen molar-refractivity contribution in [3.8, 4) is 0 Å². The maximum Gasteiger partial charge on any atom is 0.125 e. The van der Waals surface area contributed by atoms with E-state index in [-0.39, 0.29) is 0 Å². The van der Waals surface area contributed by atoms with Crippen LogP contribution in [0.4, 0.5) is 0 Å². The molecule has 0 spiro atoms. The molecule has 2 heterocycles. The van der Waals surface area contributed by atoms with Gasteiger partial charge in [-0.25, -0.2) is 4.98 Å². The lowest BCUT2D eigenvalue weighted by molar-refractivity contribution is 0.157. The maximum atomic E-state index is 6.15. The highest BCUT2D eigenvalue weighted by atomic mass is 35.5. The number of halogens is 2. The normalized spacial score (nSPS) is 24.4. The third kappa shape index (κ3) is 2.43. The highest BCUT2D eigenvalue weighted by Gasteiger charge is 2.26. The first kappa shape index (κ1) is 14.2. The van der Waals surface area contributed by atoms with Crippen LogP contribution in [0.1, 0.15) is 31.6 Å². The monoisotopic (exact) mass is 311 g/mol. The summed E-state index contributed by atoms with van der Waals surface area (Å²) in [4.78, 5) is 7.06. The topological polar surface area (TPSA) is 21.1 Å². The van der Waals surface area contributed by atoms with Crippen molar-refractivity contribution >= 4 is 34.2 Å². The van der Waals surface area contributed by atoms with E-state index < -0.39 is 0 Å². The van der Waals surface area contributed by atoms with Crippen molar-refractivity contribution in [2.45, 2.75) is 37.7 Å². The number of likely N-dealkylation sites (tertiary alicyclic amines) is 1. The fourth-order valence-corrected chi connectivity index (χ4v) is 3.47. The lowest BCUT2D eigenvalue weighted by Crippen LogP contribution is -2.38. The van der Waals surface area contributed by atoms with Crippen LogP contribution in [0.3, 0.4) is 0 Å². The number of benzene rings is 1. The minimum atomic E-state index is 0.438. The zero-order chi connectivity index (χ0) is 14.3. The number of alkyl halides is 1. The van der Waals surface area contributed by atoms with Crippen molar-refractivity contribution in [2.75, 3.05) is 13.6 Å². The molecule has 1 aromatic heterocycles. The Balaban J connectivity index is 2.07. The van der Waals surface area contributed by atoms with Crippen LogP contribution in [-0.2, 0) is 5.88 Å². The van der Waals surface area contributed by atoms with Gasteiger partial charge >= 0.3 is 0 Å². The molecular weight excluding hydrogens is 293 g/mol. The van der Waals surface area contributed by atoms with Gasteiger partial charge in [-0.1, -0.05) is 11.6 Å². The van der Waals surface area contributed by atoms with Crippen LogP contribution >= 0.6 is 23.2 Å². The van der Waals surface area contributed by atoms with E-state index in [4.69, 9.17) is 23.2 Å². The van der Waals surface area contributed by atoms with Crippen molar-refractivity contribution in [1.82, 2.24) is 14.5 Å². The molecule has 0 bridgehead atoms. The lowest BCUT2D eigenvalue weighted by atomic mass is 9.98. The first-order valence-electron chi connectivity index (χ1n) is 7.02. The maximum absolute atomic E-state index is 6.15. The fourth-order valence-electron chi connectivity index (χ4n) is 3.12. The smallest absolute Gasteiger partial charge is 0.125 e. The third-order valence-corrected chi connectivity index (χ3v) is 4.86. The minimum absolute atomic E-state index is 0.438. The van der Waals surface area contributed by atoms with Crippen molar-refractivity contribution in [2.24, 2.45) is 0 Å². The molecular formula is C15H19Cl2N3. The first-order valence-corrected chi connectivity index (χ1v) is 7.94. The van der Waals surface area contributed by atoms with E-state index in [0.717, 1.165) is 41.3 Å². The molecule has 0 saturated carbocycles. The van der Waals surface area contributed by atoms with Gasteiger partial charge in [0.1, 0.15) is 5.82 Å². The fraction of sp³-hybridized carbons (Fsp3) is 0.533. The van der Waals surface area contributed by atoms with Gasteiger partial charge in [0.15, 0.2) is 0 Å². The molecule has 2 atom stereocenters. The van der Waals surface area contributed by atoms with Gasteiger partial charge in [-0.15, -0.1) is 11.6 Å². The molecule has 1 aliphatic heterocycles. The molecule has 20 heavy (non-hydrogen) atoms. The Bertz CT molecular complexity index is 623. The van der Waals surface area contributed by atoms with Gasteiger partial charge in [-0.2, -0.15) is 0 Å². The van der Waals surface area contributed by atoms with Crippen LogP contribution in [-0.4, -0.2) is 34.1 Å². The Morgan fingerprint density at radius 1 is 1.40 bits per heavy atom. The van der Waals surface area contributed by atoms with Crippen LogP contribution in [0.5, 0.6) is 0 Å². The number of rotatable bonds is 2. The Labute approximate surface area is 129 Å². The van der Waals surface area contributed by atoms with E-state index in [2.05, 4.69) is 28.4 Å². The summed E-state index contributed by atoms with van der Waals surface area (Å²) in [6.45, 7) is 3.38. The summed E-state index contributed by atoms with van der Waals surface area (Å²) in [5, 5.41) is 0.751. The Kier molecular flexibility index (Phi) is 3.93. The van der Waals surface area contributed by atoms with E-state index >= 15 is 0 Å². The van der Waals surface area contributed by atoms with Gasteiger partial charge in [-0.3, -0.25) is 0 Å². The summed E-state index contributed by atoms with van der Waals surface area (Å²) in [5.41, 5.74) is 2.09. The predicted octanol–water partition coefficient (Wildman–Crippen LogP) is 4.08. The number of hydrogen-bond acceptors (Lipinski definition) is 2. The second-order valence-electron chi connectivity index (χ2n) is 5.67. The Morgan fingerprint density at radius 2 is 2.20 bits per heavy atom. The zero-order valence-corrected chi connectivity index (χ0v) is 13.3. The number of aromatic nitrogens is 2. The molecule has 0 aliphatic carbocycles. The van der Waals surface area contributed by atoms with Crippen LogP contribution in [0.25, 0.3) is 11.0 Å². The number of piperidine rings is 1. The Hall–Kier alpha value is -0.770. The number of nitrogens with zero attached hydrogens (tertiary/aromatic N) is 3. The van der Waals surface area contributed by atoms with Crippen molar-refractivity contribution in [1.29, 1.82) is 0 Å². The largest absolute Gasteiger partial charge is 0.324 e. The molecule has 0 radical (unpaired) electrons. The minimum Gasteiger partial charge on any atom is -0.324 e. The summed E-state index contributed by atoms with van der Waals surface area (Å²) >= 11 is 12.3. The molecule has 1 fully saturated rings. The molecule has 1 aliphatic rings. The quantitative estimate of drug-likeness (QED) is 0.779. The SMILES string of the molecule is CC1CC(n2c(CCl)nc3ccc(Cl)cc32)CCN1C. The summed E-state index contributed by atoms with van der Waals surface area (Å²) in [6, 6.07) is 6.90. The number of imidazole rings is 1. The lowest BCUT2D eigenvalue weighted by Gasteiger charge is -2.36. The third-order valence-electron chi connectivity index (χ3n) is 4.39. The molecule has 3 nitrogen and oxygen atoms in total. The van der Waals surface area contributed by atoms with Gasteiger partial charge in [0.25, 0.3) is 0 Å². The molecule has 1 saturated heterocycles. The molecule has 1 aromatic carbocycles. The van der Waals surface area contributed by atoms with Crippen molar-refractivity contribution < 1.29 is 0 Å². The van der Waals surface area contributed by atoms with E-state index in [9.17, 15) is 0 Å². The van der Waals surface area contributed by atoms with Gasteiger partial charge in [-0.05, 0) is 45.0 Å². The first-order chi connectivity index (χ1) is 9.60. The standard InChI is InChI=1S/C15H19Cl2N3/c1-10-7-12(5-6-19(10)2)20-14-8-11(17)3-4-13(14)18-15(20)9-16/h3-4,8,10,12H,5-7,9H2,1-2H3. The van der Waals surface area contributed by atoms with Crippen molar-refractivity contribution in [3.63, 3.8) is 0 Å². The van der Waals surface area contributed by atoms with Crippen LogP contribution in [0.15, 0.2) is 18.2 Å². The average molecular weight is 312 g/mol. The van der Waals surface area contributed by atoms with E-state index in [1.807, 2.05) is 18.2 Å². The van der Waals surface area contributed by atoms with Gasteiger partial charge in [0.2, 0.25) is 0 Å². The van der Waals surface area contributed by atoms with Crippen molar-refractivity contribution in [3.05, 3.63) is 29.0 Å². The average Bonchev–Trinajstić information content (AvgIpc) is 2.79. The van der Waals surface area contributed by atoms with Crippen LogP contribution in [0, 0.1) is 0 Å². The molecule has 2 aromatic rings. The number of fused-ring (bicyclic) bond motifs is 1. The Morgan fingerprint density at radius 3 is 2.90 bits per heavy atom.